The van der Waals surface area contributed by atoms with Crippen molar-refractivity contribution in [2.45, 2.75) is 26.6 Å². The van der Waals surface area contributed by atoms with Gasteiger partial charge in [-0.05, 0) is 44.3 Å². The third-order valence-corrected chi connectivity index (χ3v) is 3.20. The van der Waals surface area contributed by atoms with E-state index >= 15 is 0 Å². The van der Waals surface area contributed by atoms with Gasteiger partial charge in [-0.2, -0.15) is 0 Å². The van der Waals surface area contributed by atoms with E-state index in [1.54, 1.807) is 0 Å². The number of hydrogen-bond donors (Lipinski definition) is 0. The molecule has 1 aromatic carbocycles. The van der Waals surface area contributed by atoms with Gasteiger partial charge in [-0.1, -0.05) is 12.1 Å². The second-order valence-electron chi connectivity index (χ2n) is 4.99. The van der Waals surface area contributed by atoms with Crippen molar-refractivity contribution in [2.24, 2.45) is 0 Å². The van der Waals surface area contributed by atoms with Crippen LogP contribution in [0, 0.1) is 6.92 Å². The lowest BCUT2D eigenvalue weighted by atomic mass is 10.1. The van der Waals surface area contributed by atoms with Crippen LogP contribution < -0.4 is 4.43 Å². The van der Waals surface area contributed by atoms with Crippen LogP contribution in [0.25, 0.3) is 10.9 Å². The van der Waals surface area contributed by atoms with Gasteiger partial charge in [-0.3, -0.25) is 4.98 Å². The molecular weight excluding hydrogens is 214 g/mol. The number of hydrogen-bond acceptors (Lipinski definition) is 2. The molecular formula is C13H17NOSi. The van der Waals surface area contributed by atoms with Crippen molar-refractivity contribution in [2.75, 3.05) is 0 Å². The summed E-state index contributed by atoms with van der Waals surface area (Å²) in [5, 5.41) is 1.18. The second-order valence-corrected chi connectivity index (χ2v) is 9.42. The number of pyridine rings is 1. The van der Waals surface area contributed by atoms with Crippen LogP contribution in [0.4, 0.5) is 0 Å². The molecule has 0 N–H and O–H groups in total. The topological polar surface area (TPSA) is 22.1 Å². The van der Waals surface area contributed by atoms with E-state index in [-0.39, 0.29) is 0 Å². The van der Waals surface area contributed by atoms with Crippen molar-refractivity contribution >= 4 is 19.2 Å². The molecule has 0 bridgehead atoms. The number of benzene rings is 1. The maximum absolute atomic E-state index is 6.05. The summed E-state index contributed by atoms with van der Waals surface area (Å²) in [6, 6.07) is 8.19. The Hall–Kier alpha value is -1.35. The molecule has 1 heterocycles. The van der Waals surface area contributed by atoms with Crippen molar-refractivity contribution in [3.8, 4) is 5.75 Å². The van der Waals surface area contributed by atoms with Gasteiger partial charge in [0.2, 0.25) is 8.32 Å². The van der Waals surface area contributed by atoms with Gasteiger partial charge in [0.25, 0.3) is 0 Å². The molecule has 0 unspecified atom stereocenters. The Balaban J connectivity index is 2.59. The average Bonchev–Trinajstić information content (AvgIpc) is 2.21. The lowest BCUT2D eigenvalue weighted by Gasteiger charge is -2.20. The Morgan fingerprint density at radius 1 is 1.12 bits per heavy atom. The highest BCUT2D eigenvalue weighted by Gasteiger charge is 2.18. The number of aryl methyl sites for hydroxylation is 1. The number of fused-ring (bicyclic) bond motifs is 1. The Labute approximate surface area is 97.4 Å². The first kappa shape index (κ1) is 11.1. The normalized spacial score (nSPS) is 11.8. The molecule has 16 heavy (non-hydrogen) atoms. The van der Waals surface area contributed by atoms with Crippen LogP contribution in [0.3, 0.4) is 0 Å². The molecule has 2 aromatic rings. The lowest BCUT2D eigenvalue weighted by molar-refractivity contribution is 0.562. The summed E-state index contributed by atoms with van der Waals surface area (Å²) < 4.78 is 6.05. The van der Waals surface area contributed by atoms with E-state index in [1.807, 2.05) is 18.3 Å². The summed E-state index contributed by atoms with van der Waals surface area (Å²) in [6.45, 7) is 8.65. The van der Waals surface area contributed by atoms with E-state index in [2.05, 4.69) is 43.7 Å². The fraction of sp³-hybridized carbons (Fsp3) is 0.308. The first-order chi connectivity index (χ1) is 7.47. The van der Waals surface area contributed by atoms with Crippen molar-refractivity contribution in [3.63, 3.8) is 0 Å². The molecule has 0 saturated carbocycles. The molecule has 3 heteroatoms. The maximum atomic E-state index is 6.05. The maximum Gasteiger partial charge on any atom is 0.242 e. The molecule has 0 aliphatic carbocycles. The van der Waals surface area contributed by atoms with E-state index in [4.69, 9.17) is 4.43 Å². The van der Waals surface area contributed by atoms with E-state index in [1.165, 1.54) is 10.9 Å². The third kappa shape index (κ3) is 2.24. The fourth-order valence-electron chi connectivity index (χ4n) is 1.70. The van der Waals surface area contributed by atoms with Crippen molar-refractivity contribution in [1.82, 2.24) is 4.98 Å². The average molecular weight is 231 g/mol. The summed E-state index contributed by atoms with van der Waals surface area (Å²) in [5.41, 5.74) is 2.22. The molecule has 0 aliphatic rings. The van der Waals surface area contributed by atoms with E-state index in [0.717, 1.165) is 11.3 Å². The number of rotatable bonds is 2. The highest BCUT2D eigenvalue weighted by Crippen LogP contribution is 2.28. The molecule has 0 aliphatic heterocycles. The van der Waals surface area contributed by atoms with Crippen LogP contribution in [-0.4, -0.2) is 13.3 Å². The van der Waals surface area contributed by atoms with Crippen molar-refractivity contribution in [3.05, 3.63) is 36.0 Å². The molecule has 2 nitrogen and oxygen atoms in total. The molecule has 2 rings (SSSR count). The number of aromatic nitrogens is 1. The van der Waals surface area contributed by atoms with Crippen LogP contribution in [-0.2, 0) is 0 Å². The van der Waals surface area contributed by atoms with Crippen LogP contribution in [0.2, 0.25) is 19.6 Å². The second kappa shape index (κ2) is 3.90. The zero-order valence-electron chi connectivity index (χ0n) is 10.2. The summed E-state index contributed by atoms with van der Waals surface area (Å²) in [5.74, 6) is 0.917. The summed E-state index contributed by atoms with van der Waals surface area (Å²) >= 11 is 0. The zero-order chi connectivity index (χ0) is 11.8. The highest BCUT2D eigenvalue weighted by atomic mass is 28.4. The van der Waals surface area contributed by atoms with Crippen LogP contribution in [0.5, 0.6) is 5.75 Å². The van der Waals surface area contributed by atoms with Crippen molar-refractivity contribution < 1.29 is 4.43 Å². The minimum absolute atomic E-state index is 0.917. The highest BCUT2D eigenvalue weighted by molar-refractivity contribution is 6.70. The first-order valence-corrected chi connectivity index (χ1v) is 8.91. The third-order valence-electron chi connectivity index (χ3n) is 2.37. The fourth-order valence-corrected chi connectivity index (χ4v) is 2.53. The molecule has 84 valence electrons. The first-order valence-electron chi connectivity index (χ1n) is 5.51. The smallest absolute Gasteiger partial charge is 0.242 e. The van der Waals surface area contributed by atoms with Gasteiger partial charge in [-0.15, -0.1) is 0 Å². The molecule has 0 atom stereocenters. The van der Waals surface area contributed by atoms with Gasteiger partial charge in [0.1, 0.15) is 11.3 Å². The van der Waals surface area contributed by atoms with E-state index in [0.29, 0.717) is 0 Å². The zero-order valence-corrected chi connectivity index (χ0v) is 11.2. The Morgan fingerprint density at radius 3 is 2.56 bits per heavy atom. The van der Waals surface area contributed by atoms with Gasteiger partial charge in [0, 0.05) is 11.6 Å². The monoisotopic (exact) mass is 231 g/mol. The molecule has 0 amide bonds. The van der Waals surface area contributed by atoms with Gasteiger partial charge in [0.05, 0.1) is 0 Å². The van der Waals surface area contributed by atoms with Crippen LogP contribution in [0.1, 0.15) is 5.56 Å². The largest absolute Gasteiger partial charge is 0.543 e. The lowest BCUT2D eigenvalue weighted by Crippen LogP contribution is -2.29. The standard InChI is InChI=1S/C13H17NOSi/c1-10-7-8-12(15-16(2,3)4)13-11(10)6-5-9-14-13/h5-9H,1-4H3. The van der Waals surface area contributed by atoms with Gasteiger partial charge >= 0.3 is 0 Å². The van der Waals surface area contributed by atoms with Crippen molar-refractivity contribution in [1.29, 1.82) is 0 Å². The van der Waals surface area contributed by atoms with Gasteiger partial charge < -0.3 is 4.43 Å². The summed E-state index contributed by atoms with van der Waals surface area (Å²) in [7, 11) is -1.57. The van der Waals surface area contributed by atoms with Gasteiger partial charge in [-0.25, -0.2) is 0 Å². The van der Waals surface area contributed by atoms with Crippen LogP contribution >= 0.6 is 0 Å². The minimum Gasteiger partial charge on any atom is -0.543 e. The molecule has 0 saturated heterocycles. The molecule has 1 aromatic heterocycles. The molecule has 0 spiro atoms. The minimum atomic E-state index is -1.57. The summed E-state index contributed by atoms with van der Waals surface area (Å²) in [6.07, 6.45) is 1.82. The Morgan fingerprint density at radius 2 is 1.88 bits per heavy atom. The predicted molar refractivity (Wildman–Crippen MR) is 70.5 cm³/mol. The Kier molecular flexibility index (Phi) is 2.72. The summed E-state index contributed by atoms with van der Waals surface area (Å²) in [4.78, 5) is 4.42. The quantitative estimate of drug-likeness (QED) is 0.734. The molecule has 0 fully saturated rings. The number of nitrogens with zero attached hydrogens (tertiary/aromatic N) is 1. The van der Waals surface area contributed by atoms with E-state index < -0.39 is 8.32 Å². The van der Waals surface area contributed by atoms with E-state index in [9.17, 15) is 0 Å². The molecule has 0 radical (unpaired) electrons. The SMILES string of the molecule is Cc1ccc(O[Si](C)(C)C)c2ncccc12. The Bertz CT molecular complexity index is 517. The van der Waals surface area contributed by atoms with Gasteiger partial charge in [0.15, 0.2) is 0 Å². The predicted octanol–water partition coefficient (Wildman–Crippen LogP) is 3.76. The van der Waals surface area contributed by atoms with Crippen LogP contribution in [0.15, 0.2) is 30.5 Å².